The molecule has 2 fully saturated rings. The van der Waals surface area contributed by atoms with E-state index < -0.39 is 11.0 Å². The van der Waals surface area contributed by atoms with Crippen LogP contribution in [0.3, 0.4) is 0 Å². The molecule has 0 spiro atoms. The summed E-state index contributed by atoms with van der Waals surface area (Å²) >= 11 is 0. The summed E-state index contributed by atoms with van der Waals surface area (Å²) in [6.45, 7) is 3.82. The largest absolute Gasteiger partial charge is 0.390 e. The number of rotatable bonds is 1. The third-order valence-electron chi connectivity index (χ3n) is 4.10. The summed E-state index contributed by atoms with van der Waals surface area (Å²) in [6.07, 6.45) is 2.12. The molecular weight excluding hydrogens is 232 g/mol. The lowest BCUT2D eigenvalue weighted by Gasteiger charge is -2.40. The molecule has 2 heterocycles. The molecule has 2 rings (SSSR count). The zero-order valence-corrected chi connectivity index (χ0v) is 10.8. The third-order valence-corrected chi connectivity index (χ3v) is 4.10. The van der Waals surface area contributed by atoms with Gasteiger partial charge in [-0.1, -0.05) is 0 Å². The summed E-state index contributed by atoms with van der Waals surface area (Å²) in [5, 5.41) is 19.2. The van der Waals surface area contributed by atoms with Gasteiger partial charge < -0.3 is 14.7 Å². The van der Waals surface area contributed by atoms with Gasteiger partial charge in [-0.25, -0.2) is 0 Å². The number of ether oxygens (including phenoxy) is 1. The van der Waals surface area contributed by atoms with Crippen LogP contribution in [0.25, 0.3) is 0 Å². The number of hydrogen-bond acceptors (Lipinski definition) is 4. The lowest BCUT2D eigenvalue weighted by atomic mass is 9.79. The summed E-state index contributed by atoms with van der Waals surface area (Å²) < 4.78 is 5.24. The molecule has 2 saturated heterocycles. The average molecular weight is 252 g/mol. The fourth-order valence-corrected chi connectivity index (χ4v) is 2.59. The van der Waals surface area contributed by atoms with Gasteiger partial charge in [0.2, 0.25) is 5.91 Å². The summed E-state index contributed by atoms with van der Waals surface area (Å²) in [7, 11) is 0. The first-order valence-corrected chi connectivity index (χ1v) is 6.50. The molecule has 0 aromatic heterocycles. The Bertz CT molecular complexity index is 357. The molecule has 0 aromatic rings. The monoisotopic (exact) mass is 252 g/mol. The van der Waals surface area contributed by atoms with Crippen molar-refractivity contribution >= 4 is 5.91 Å². The Hall–Kier alpha value is -1.12. The summed E-state index contributed by atoms with van der Waals surface area (Å²) in [5.41, 5.74) is -1.58. The first-order chi connectivity index (χ1) is 8.49. The highest BCUT2D eigenvalue weighted by atomic mass is 16.5. The number of carbonyl (C=O) groups excluding carboxylic acids is 1. The number of nitrogens with zero attached hydrogens (tertiary/aromatic N) is 2. The minimum Gasteiger partial charge on any atom is -0.390 e. The lowest BCUT2D eigenvalue weighted by molar-refractivity contribution is -0.147. The van der Waals surface area contributed by atoms with E-state index in [4.69, 9.17) is 4.74 Å². The van der Waals surface area contributed by atoms with E-state index in [9.17, 15) is 15.2 Å². The van der Waals surface area contributed by atoms with Gasteiger partial charge in [-0.05, 0) is 32.6 Å². The minimum atomic E-state index is -0.901. The van der Waals surface area contributed by atoms with E-state index in [-0.39, 0.29) is 5.91 Å². The van der Waals surface area contributed by atoms with Gasteiger partial charge in [-0.15, -0.1) is 0 Å². The van der Waals surface area contributed by atoms with Gasteiger partial charge in [0.15, 0.2) is 0 Å². The molecule has 2 aliphatic rings. The van der Waals surface area contributed by atoms with Crippen molar-refractivity contribution < 1.29 is 14.6 Å². The van der Waals surface area contributed by atoms with Crippen LogP contribution in [0.2, 0.25) is 0 Å². The highest BCUT2D eigenvalue weighted by Gasteiger charge is 2.44. The van der Waals surface area contributed by atoms with Crippen LogP contribution in [0.4, 0.5) is 0 Å². The van der Waals surface area contributed by atoms with Gasteiger partial charge in [-0.2, -0.15) is 5.26 Å². The van der Waals surface area contributed by atoms with Crippen molar-refractivity contribution in [3.8, 4) is 6.07 Å². The van der Waals surface area contributed by atoms with Crippen LogP contribution in [0.5, 0.6) is 0 Å². The topological polar surface area (TPSA) is 73.6 Å². The second kappa shape index (κ2) is 4.87. The number of likely N-dealkylation sites (tertiary alicyclic amines) is 1. The number of nitriles is 1. The molecule has 100 valence electrons. The number of piperidine rings is 1. The Morgan fingerprint density at radius 2 is 1.83 bits per heavy atom. The van der Waals surface area contributed by atoms with Crippen LogP contribution in [0.1, 0.15) is 32.6 Å². The predicted octanol–water partition coefficient (Wildman–Crippen LogP) is 0.680. The first kappa shape index (κ1) is 13.3. The zero-order valence-electron chi connectivity index (χ0n) is 10.8. The molecule has 2 aliphatic heterocycles. The van der Waals surface area contributed by atoms with Gasteiger partial charge in [-0.3, -0.25) is 4.79 Å². The minimum absolute atomic E-state index is 0.0798. The van der Waals surface area contributed by atoms with E-state index in [0.29, 0.717) is 52.0 Å². The van der Waals surface area contributed by atoms with Crippen LogP contribution in [0, 0.1) is 16.7 Å². The van der Waals surface area contributed by atoms with Crippen molar-refractivity contribution in [1.82, 2.24) is 4.90 Å². The molecule has 0 aromatic carbocycles. The molecule has 0 bridgehead atoms. The van der Waals surface area contributed by atoms with E-state index in [2.05, 4.69) is 6.07 Å². The summed E-state index contributed by atoms with van der Waals surface area (Å²) in [6, 6.07) is 2.20. The van der Waals surface area contributed by atoms with Gasteiger partial charge in [0.05, 0.1) is 11.7 Å². The maximum atomic E-state index is 12.5. The molecule has 1 N–H and O–H groups in total. The quantitative estimate of drug-likeness (QED) is 0.744. The molecule has 0 saturated carbocycles. The van der Waals surface area contributed by atoms with Crippen LogP contribution < -0.4 is 0 Å². The smallest absolute Gasteiger partial charge is 0.243 e. The zero-order chi connectivity index (χ0) is 13.2. The molecule has 0 radical (unpaired) electrons. The van der Waals surface area contributed by atoms with Crippen molar-refractivity contribution in [3.05, 3.63) is 0 Å². The van der Waals surface area contributed by atoms with Crippen molar-refractivity contribution in [3.63, 3.8) is 0 Å². The highest BCUT2D eigenvalue weighted by Crippen LogP contribution is 2.33. The number of hydrogen-bond donors (Lipinski definition) is 1. The SMILES string of the molecule is CC1(O)CCN(C(=O)C2(C#N)CCOCC2)CC1. The summed E-state index contributed by atoms with van der Waals surface area (Å²) in [4.78, 5) is 14.2. The van der Waals surface area contributed by atoms with E-state index in [1.807, 2.05) is 0 Å². The third kappa shape index (κ3) is 2.50. The fraction of sp³-hybridized carbons (Fsp3) is 0.846. The van der Waals surface area contributed by atoms with Crippen LogP contribution in [-0.4, -0.2) is 47.8 Å². The van der Waals surface area contributed by atoms with E-state index in [1.54, 1.807) is 11.8 Å². The standard InChI is InChI=1S/C13H20N2O3/c1-12(17)2-6-15(7-3-12)11(16)13(10-14)4-8-18-9-5-13/h17H,2-9H2,1H3. The Morgan fingerprint density at radius 3 is 2.33 bits per heavy atom. The second-order valence-electron chi connectivity index (χ2n) is 5.60. The molecule has 0 atom stereocenters. The normalized spacial score (nSPS) is 26.4. The molecule has 0 aliphatic carbocycles. The first-order valence-electron chi connectivity index (χ1n) is 6.50. The van der Waals surface area contributed by atoms with Gasteiger partial charge in [0.1, 0.15) is 5.41 Å². The van der Waals surface area contributed by atoms with Crippen molar-refractivity contribution in [2.24, 2.45) is 5.41 Å². The number of carbonyl (C=O) groups is 1. The van der Waals surface area contributed by atoms with Crippen LogP contribution >= 0.6 is 0 Å². The van der Waals surface area contributed by atoms with Gasteiger partial charge in [0, 0.05) is 26.3 Å². The second-order valence-corrected chi connectivity index (χ2v) is 5.60. The van der Waals surface area contributed by atoms with Crippen molar-refractivity contribution in [2.45, 2.75) is 38.2 Å². The Kier molecular flexibility index (Phi) is 3.60. The maximum absolute atomic E-state index is 12.5. The summed E-state index contributed by atoms with van der Waals surface area (Å²) in [5.74, 6) is -0.0798. The van der Waals surface area contributed by atoms with Crippen LogP contribution in [-0.2, 0) is 9.53 Å². The molecule has 0 unspecified atom stereocenters. The van der Waals surface area contributed by atoms with Crippen molar-refractivity contribution in [1.29, 1.82) is 5.26 Å². The molecule has 1 amide bonds. The van der Waals surface area contributed by atoms with Gasteiger partial charge in [0.25, 0.3) is 0 Å². The fourth-order valence-electron chi connectivity index (χ4n) is 2.59. The van der Waals surface area contributed by atoms with E-state index >= 15 is 0 Å². The lowest BCUT2D eigenvalue weighted by Crippen LogP contribution is -2.51. The van der Waals surface area contributed by atoms with Crippen molar-refractivity contribution in [2.75, 3.05) is 26.3 Å². The Morgan fingerprint density at radius 1 is 1.28 bits per heavy atom. The molecule has 18 heavy (non-hydrogen) atoms. The Labute approximate surface area is 107 Å². The molecule has 5 heteroatoms. The van der Waals surface area contributed by atoms with E-state index in [0.717, 1.165) is 0 Å². The number of amides is 1. The van der Waals surface area contributed by atoms with Crippen LogP contribution in [0.15, 0.2) is 0 Å². The van der Waals surface area contributed by atoms with E-state index in [1.165, 1.54) is 0 Å². The number of aliphatic hydroxyl groups is 1. The van der Waals surface area contributed by atoms with Gasteiger partial charge >= 0.3 is 0 Å². The Balaban J connectivity index is 2.05. The highest BCUT2D eigenvalue weighted by molar-refractivity contribution is 5.85. The molecule has 5 nitrogen and oxygen atoms in total. The average Bonchev–Trinajstić information content (AvgIpc) is 2.39. The predicted molar refractivity (Wildman–Crippen MR) is 64.5 cm³/mol. The molecular formula is C13H20N2O3. The maximum Gasteiger partial charge on any atom is 0.243 e.